The summed E-state index contributed by atoms with van der Waals surface area (Å²) in [6.45, 7) is 1.79. The Morgan fingerprint density at radius 3 is 2.84 bits per heavy atom. The molecule has 5 heteroatoms. The number of halogens is 1. The van der Waals surface area contributed by atoms with E-state index in [-0.39, 0.29) is 24.4 Å². The van der Waals surface area contributed by atoms with Crippen LogP contribution in [0.15, 0.2) is 24.3 Å². The molecule has 0 aromatic heterocycles. The number of rotatable bonds is 7. The molecule has 1 amide bonds. The molecule has 0 fully saturated rings. The third-order valence-electron chi connectivity index (χ3n) is 2.93. The van der Waals surface area contributed by atoms with Gasteiger partial charge in [-0.1, -0.05) is 12.1 Å². The van der Waals surface area contributed by atoms with E-state index >= 15 is 0 Å². The zero-order valence-electron chi connectivity index (χ0n) is 11.2. The van der Waals surface area contributed by atoms with Gasteiger partial charge in [0, 0.05) is 18.4 Å². The summed E-state index contributed by atoms with van der Waals surface area (Å²) in [5.41, 5.74) is 0.657. The van der Waals surface area contributed by atoms with Crippen LogP contribution in [0.3, 0.4) is 0 Å². The standard InChI is InChI=1S/C14H20FNO2S/c1-10(11-4-3-5-12(15)8-11)14(18)16-13(6-7-17)9-19-2/h3-5,8,10,13,17H,6-7,9H2,1-2H3,(H,16,18). The number of thioether (sulfide) groups is 1. The molecule has 3 nitrogen and oxygen atoms in total. The molecule has 0 bridgehead atoms. The molecule has 1 rings (SSSR count). The quantitative estimate of drug-likeness (QED) is 0.807. The highest BCUT2D eigenvalue weighted by Crippen LogP contribution is 2.17. The first-order valence-corrected chi connectivity index (χ1v) is 7.63. The number of carbonyl (C=O) groups excluding carboxylic acids is 1. The second-order valence-electron chi connectivity index (χ2n) is 4.45. The van der Waals surface area contributed by atoms with Crippen LogP contribution in [0.5, 0.6) is 0 Å². The van der Waals surface area contributed by atoms with Crippen molar-refractivity contribution in [1.82, 2.24) is 5.32 Å². The topological polar surface area (TPSA) is 49.3 Å². The van der Waals surface area contributed by atoms with Crippen LogP contribution in [-0.2, 0) is 4.79 Å². The van der Waals surface area contributed by atoms with Crippen molar-refractivity contribution in [3.63, 3.8) is 0 Å². The molecule has 0 aliphatic carbocycles. The van der Waals surface area contributed by atoms with Crippen molar-refractivity contribution in [2.75, 3.05) is 18.6 Å². The van der Waals surface area contributed by atoms with Crippen molar-refractivity contribution >= 4 is 17.7 Å². The van der Waals surface area contributed by atoms with Crippen LogP contribution in [0.1, 0.15) is 24.8 Å². The van der Waals surface area contributed by atoms with Gasteiger partial charge in [-0.2, -0.15) is 11.8 Å². The molecule has 2 atom stereocenters. The van der Waals surface area contributed by atoms with E-state index in [1.165, 1.54) is 12.1 Å². The highest BCUT2D eigenvalue weighted by Gasteiger charge is 2.19. The number of hydrogen-bond donors (Lipinski definition) is 2. The van der Waals surface area contributed by atoms with Crippen LogP contribution in [0.4, 0.5) is 4.39 Å². The van der Waals surface area contributed by atoms with Gasteiger partial charge in [-0.15, -0.1) is 0 Å². The fourth-order valence-electron chi connectivity index (χ4n) is 1.81. The maximum absolute atomic E-state index is 13.1. The molecule has 1 aromatic rings. The molecule has 19 heavy (non-hydrogen) atoms. The zero-order valence-corrected chi connectivity index (χ0v) is 12.0. The average molecular weight is 285 g/mol. The fourth-order valence-corrected chi connectivity index (χ4v) is 2.46. The van der Waals surface area contributed by atoms with Gasteiger partial charge in [-0.3, -0.25) is 4.79 Å². The highest BCUT2D eigenvalue weighted by molar-refractivity contribution is 7.98. The molecule has 1 aromatic carbocycles. The van der Waals surface area contributed by atoms with E-state index in [9.17, 15) is 9.18 Å². The minimum Gasteiger partial charge on any atom is -0.396 e. The Morgan fingerprint density at radius 1 is 1.53 bits per heavy atom. The average Bonchev–Trinajstić information content (AvgIpc) is 2.38. The number of nitrogens with one attached hydrogen (secondary N) is 1. The number of amides is 1. The first-order chi connectivity index (χ1) is 9.08. The van der Waals surface area contributed by atoms with E-state index in [1.807, 2.05) is 6.26 Å². The third kappa shape index (κ3) is 5.20. The smallest absolute Gasteiger partial charge is 0.227 e. The zero-order chi connectivity index (χ0) is 14.3. The first kappa shape index (κ1) is 16.0. The Morgan fingerprint density at radius 2 is 2.26 bits per heavy atom. The lowest BCUT2D eigenvalue weighted by Crippen LogP contribution is -2.39. The SMILES string of the molecule is CSCC(CCO)NC(=O)C(C)c1cccc(F)c1. The van der Waals surface area contributed by atoms with Gasteiger partial charge >= 0.3 is 0 Å². The summed E-state index contributed by atoms with van der Waals surface area (Å²) in [4.78, 5) is 12.1. The number of hydrogen-bond acceptors (Lipinski definition) is 3. The lowest BCUT2D eigenvalue weighted by Gasteiger charge is -2.20. The van der Waals surface area contributed by atoms with Gasteiger partial charge in [-0.25, -0.2) is 4.39 Å². The summed E-state index contributed by atoms with van der Waals surface area (Å²) in [6, 6.07) is 6.02. The minimum absolute atomic E-state index is 0.0415. The van der Waals surface area contributed by atoms with Crippen LogP contribution in [0, 0.1) is 5.82 Å². The van der Waals surface area contributed by atoms with Crippen molar-refractivity contribution in [1.29, 1.82) is 0 Å². The van der Waals surface area contributed by atoms with Gasteiger partial charge in [0.25, 0.3) is 0 Å². The summed E-state index contributed by atoms with van der Waals surface area (Å²) in [7, 11) is 0. The molecule has 0 radical (unpaired) electrons. The van der Waals surface area contributed by atoms with Gasteiger partial charge in [-0.05, 0) is 37.3 Å². The van der Waals surface area contributed by atoms with E-state index in [0.717, 1.165) is 5.75 Å². The molecular weight excluding hydrogens is 265 g/mol. The van der Waals surface area contributed by atoms with E-state index in [1.54, 1.807) is 30.8 Å². The number of aliphatic hydroxyl groups excluding tert-OH is 1. The van der Waals surface area contributed by atoms with Crippen LogP contribution in [0.25, 0.3) is 0 Å². The van der Waals surface area contributed by atoms with Crippen molar-refractivity contribution in [2.24, 2.45) is 0 Å². The van der Waals surface area contributed by atoms with Gasteiger partial charge in [0.2, 0.25) is 5.91 Å². The third-order valence-corrected chi connectivity index (χ3v) is 3.67. The Bertz CT molecular complexity index is 408. The van der Waals surface area contributed by atoms with E-state index < -0.39 is 5.92 Å². The predicted octanol–water partition coefficient (Wildman–Crippen LogP) is 2.16. The van der Waals surface area contributed by atoms with Gasteiger partial charge in [0.15, 0.2) is 0 Å². The number of benzene rings is 1. The minimum atomic E-state index is -0.404. The Labute approximate surface area is 117 Å². The molecule has 2 unspecified atom stereocenters. The molecule has 2 N–H and O–H groups in total. The molecule has 106 valence electrons. The van der Waals surface area contributed by atoms with Crippen LogP contribution in [0.2, 0.25) is 0 Å². The van der Waals surface area contributed by atoms with Crippen LogP contribution >= 0.6 is 11.8 Å². The maximum Gasteiger partial charge on any atom is 0.227 e. The van der Waals surface area contributed by atoms with E-state index in [0.29, 0.717) is 12.0 Å². The number of carbonyl (C=O) groups is 1. The van der Waals surface area contributed by atoms with Crippen LogP contribution in [-0.4, -0.2) is 35.7 Å². The first-order valence-electron chi connectivity index (χ1n) is 6.24. The lowest BCUT2D eigenvalue weighted by atomic mass is 10.00. The summed E-state index contributed by atoms with van der Waals surface area (Å²) in [5.74, 6) is -0.132. The van der Waals surface area contributed by atoms with Gasteiger partial charge in [0.1, 0.15) is 5.82 Å². The second kappa shape index (κ2) is 8.17. The van der Waals surface area contributed by atoms with E-state index in [2.05, 4.69) is 5.32 Å². The summed E-state index contributed by atoms with van der Waals surface area (Å²) >= 11 is 1.62. The lowest BCUT2D eigenvalue weighted by molar-refractivity contribution is -0.122. The number of aliphatic hydroxyl groups is 1. The van der Waals surface area contributed by atoms with Crippen molar-refractivity contribution in [2.45, 2.75) is 25.3 Å². The molecule has 0 spiro atoms. The molecule has 0 heterocycles. The van der Waals surface area contributed by atoms with Crippen molar-refractivity contribution < 1.29 is 14.3 Å². The van der Waals surface area contributed by atoms with E-state index in [4.69, 9.17) is 5.11 Å². The molecule has 0 saturated carbocycles. The summed E-state index contributed by atoms with van der Waals surface area (Å²) in [6.07, 6.45) is 2.48. The largest absolute Gasteiger partial charge is 0.396 e. The second-order valence-corrected chi connectivity index (χ2v) is 5.36. The van der Waals surface area contributed by atoms with Crippen LogP contribution < -0.4 is 5.32 Å². The van der Waals surface area contributed by atoms with Crippen molar-refractivity contribution in [3.05, 3.63) is 35.6 Å². The summed E-state index contributed by atoms with van der Waals surface area (Å²) < 4.78 is 13.1. The Kier molecular flexibility index (Phi) is 6.87. The molecular formula is C14H20FNO2S. The van der Waals surface area contributed by atoms with Gasteiger partial charge in [0.05, 0.1) is 5.92 Å². The Hall–Kier alpha value is -1.07. The Balaban J connectivity index is 2.65. The fraction of sp³-hybridized carbons (Fsp3) is 0.500. The normalized spacial score (nSPS) is 13.9. The molecule has 0 aliphatic heterocycles. The van der Waals surface area contributed by atoms with Crippen molar-refractivity contribution in [3.8, 4) is 0 Å². The molecule has 0 saturated heterocycles. The highest BCUT2D eigenvalue weighted by atomic mass is 32.2. The van der Waals surface area contributed by atoms with Gasteiger partial charge < -0.3 is 10.4 Å². The maximum atomic E-state index is 13.1. The summed E-state index contributed by atoms with van der Waals surface area (Å²) in [5, 5.41) is 11.9. The molecule has 0 aliphatic rings. The predicted molar refractivity (Wildman–Crippen MR) is 76.8 cm³/mol. The monoisotopic (exact) mass is 285 g/mol.